The Bertz CT molecular complexity index is 716. The highest BCUT2D eigenvalue weighted by Gasteiger charge is 2.32. The lowest BCUT2D eigenvalue weighted by atomic mass is 9.90. The summed E-state index contributed by atoms with van der Waals surface area (Å²) in [5.41, 5.74) is 3.52. The van der Waals surface area contributed by atoms with Crippen molar-refractivity contribution in [3.8, 4) is 0 Å². The molecule has 2 fully saturated rings. The van der Waals surface area contributed by atoms with E-state index in [0.29, 0.717) is 12.1 Å². The van der Waals surface area contributed by atoms with Crippen molar-refractivity contribution in [1.82, 2.24) is 9.80 Å². The molecular formula is C32H54N2. The predicted octanol–water partition coefficient (Wildman–Crippen LogP) is 9.30. The van der Waals surface area contributed by atoms with Crippen molar-refractivity contribution >= 4 is 0 Å². The van der Waals surface area contributed by atoms with E-state index in [1.54, 1.807) is 0 Å². The first-order valence-electron chi connectivity index (χ1n) is 12.8. The van der Waals surface area contributed by atoms with Gasteiger partial charge in [0.2, 0.25) is 0 Å². The van der Waals surface area contributed by atoms with Crippen LogP contribution in [0.4, 0.5) is 0 Å². The predicted molar refractivity (Wildman–Crippen MR) is 152 cm³/mol. The number of likely N-dealkylation sites (tertiary alicyclic amines) is 2. The van der Waals surface area contributed by atoms with Gasteiger partial charge in [0.15, 0.2) is 0 Å². The molecule has 2 saturated heterocycles. The first-order chi connectivity index (χ1) is 15.2. The van der Waals surface area contributed by atoms with E-state index >= 15 is 0 Å². The summed E-state index contributed by atoms with van der Waals surface area (Å²) in [5, 5.41) is 0. The molecule has 4 rings (SSSR count). The van der Waals surface area contributed by atoms with E-state index in [2.05, 4.69) is 112 Å². The van der Waals surface area contributed by atoms with Gasteiger partial charge < -0.3 is 0 Å². The van der Waals surface area contributed by atoms with E-state index in [0.717, 1.165) is 0 Å². The smallest absolute Gasteiger partial charge is 0.0353 e. The fourth-order valence-electron chi connectivity index (χ4n) is 5.51. The number of hydrogen-bond acceptors (Lipinski definition) is 2. The van der Waals surface area contributed by atoms with E-state index in [9.17, 15) is 0 Å². The van der Waals surface area contributed by atoms with Crippen LogP contribution < -0.4 is 0 Å². The number of piperidine rings is 2. The number of benzene rings is 2. The zero-order valence-corrected chi connectivity index (χ0v) is 21.5. The van der Waals surface area contributed by atoms with Crippen LogP contribution >= 0.6 is 0 Å². The molecule has 2 atom stereocenters. The first kappa shape index (κ1) is 30.4. The largest absolute Gasteiger partial charge is 0.291 e. The molecule has 0 amide bonds. The molecule has 2 heterocycles. The van der Waals surface area contributed by atoms with Gasteiger partial charge in [0.25, 0.3) is 0 Å². The third kappa shape index (κ3) is 8.24. The van der Waals surface area contributed by atoms with Gasteiger partial charge >= 0.3 is 0 Å². The summed E-state index contributed by atoms with van der Waals surface area (Å²) in [6.45, 7) is 16.4. The average molecular weight is 467 g/mol. The maximum Gasteiger partial charge on any atom is 0.0353 e. The quantitative estimate of drug-likeness (QED) is 0.435. The van der Waals surface area contributed by atoms with E-state index < -0.39 is 0 Å². The minimum absolute atomic E-state index is 0. The number of nitrogens with zero attached hydrogens (tertiary/aromatic N) is 2. The highest BCUT2D eigenvalue weighted by atomic mass is 15.2. The standard InChI is InChI=1S/2C15H23N.2CH4/c2*1-15(2,3)16-12-8-7-11-14(16)13-9-5-4-6-10-13;;/h2*4-6,9-10,14H,7-8,11-12H2,1-3H3;2*1H4/t2*14-;;/m00../s1. The Morgan fingerprint density at radius 2 is 0.853 bits per heavy atom. The van der Waals surface area contributed by atoms with Crippen molar-refractivity contribution in [2.24, 2.45) is 0 Å². The Morgan fingerprint density at radius 3 is 1.15 bits per heavy atom. The zero-order valence-electron chi connectivity index (χ0n) is 21.5. The molecule has 2 aromatic rings. The van der Waals surface area contributed by atoms with Crippen LogP contribution in [0.15, 0.2) is 60.7 Å². The zero-order chi connectivity index (χ0) is 23.2. The SMILES string of the molecule is C.C.CC(C)(C)N1CCCC[C@H]1c1ccccc1.CC(C)(C)N1CCCC[C@H]1c1ccccc1. The summed E-state index contributed by atoms with van der Waals surface area (Å²) >= 11 is 0. The van der Waals surface area contributed by atoms with E-state index in [-0.39, 0.29) is 25.9 Å². The van der Waals surface area contributed by atoms with Gasteiger partial charge in [-0.1, -0.05) is 88.4 Å². The van der Waals surface area contributed by atoms with Crippen LogP contribution in [0.25, 0.3) is 0 Å². The Hall–Kier alpha value is -1.64. The Kier molecular flexibility index (Phi) is 12.0. The van der Waals surface area contributed by atoms with Crippen LogP contribution in [0.5, 0.6) is 0 Å². The Morgan fingerprint density at radius 1 is 0.529 bits per heavy atom. The highest BCUT2D eigenvalue weighted by molar-refractivity contribution is 5.21. The second-order valence-electron chi connectivity index (χ2n) is 11.6. The van der Waals surface area contributed by atoms with Gasteiger partial charge in [-0.3, -0.25) is 9.80 Å². The average Bonchev–Trinajstić information content (AvgIpc) is 2.80. The van der Waals surface area contributed by atoms with Gasteiger partial charge in [0.05, 0.1) is 0 Å². The highest BCUT2D eigenvalue weighted by Crippen LogP contribution is 2.36. The van der Waals surface area contributed by atoms with Crippen molar-refractivity contribution in [2.45, 2.75) is 118 Å². The molecule has 0 spiro atoms. The minimum Gasteiger partial charge on any atom is -0.291 e. The summed E-state index contributed by atoms with van der Waals surface area (Å²) in [7, 11) is 0. The van der Waals surface area contributed by atoms with Crippen LogP contribution in [0.1, 0.15) is 118 Å². The lowest BCUT2D eigenvalue weighted by Crippen LogP contribution is -2.46. The topological polar surface area (TPSA) is 6.48 Å². The fourth-order valence-corrected chi connectivity index (χ4v) is 5.51. The minimum atomic E-state index is 0. The molecule has 0 N–H and O–H groups in total. The van der Waals surface area contributed by atoms with Gasteiger partial charge in [-0.25, -0.2) is 0 Å². The molecule has 0 bridgehead atoms. The van der Waals surface area contributed by atoms with Crippen LogP contribution in [0, 0.1) is 0 Å². The van der Waals surface area contributed by atoms with Gasteiger partial charge in [0, 0.05) is 23.2 Å². The Balaban J connectivity index is 0.000000321. The number of rotatable bonds is 2. The summed E-state index contributed by atoms with van der Waals surface area (Å²) in [4.78, 5) is 5.32. The molecule has 2 aromatic carbocycles. The molecule has 0 unspecified atom stereocenters. The monoisotopic (exact) mass is 466 g/mol. The van der Waals surface area contributed by atoms with Crippen LogP contribution in [-0.2, 0) is 0 Å². The van der Waals surface area contributed by atoms with Gasteiger partial charge in [-0.2, -0.15) is 0 Å². The normalized spacial score (nSPS) is 21.9. The second kappa shape index (κ2) is 13.4. The van der Waals surface area contributed by atoms with Crippen molar-refractivity contribution < 1.29 is 0 Å². The van der Waals surface area contributed by atoms with E-state index in [4.69, 9.17) is 0 Å². The maximum absolute atomic E-state index is 2.66. The van der Waals surface area contributed by atoms with Gasteiger partial charge in [0.1, 0.15) is 0 Å². The molecule has 0 aromatic heterocycles. The summed E-state index contributed by atoms with van der Waals surface area (Å²) < 4.78 is 0. The van der Waals surface area contributed by atoms with Crippen LogP contribution in [-0.4, -0.2) is 34.0 Å². The van der Waals surface area contributed by atoms with E-state index in [1.807, 2.05) is 0 Å². The molecule has 2 nitrogen and oxygen atoms in total. The third-order valence-electron chi connectivity index (χ3n) is 7.10. The molecule has 2 aliphatic heterocycles. The molecule has 0 radical (unpaired) electrons. The van der Waals surface area contributed by atoms with Crippen molar-refractivity contribution in [3.63, 3.8) is 0 Å². The fraction of sp³-hybridized carbons (Fsp3) is 0.625. The van der Waals surface area contributed by atoms with Crippen LogP contribution in [0.3, 0.4) is 0 Å². The molecule has 192 valence electrons. The molecule has 34 heavy (non-hydrogen) atoms. The molecule has 2 aliphatic rings. The molecule has 2 heteroatoms. The van der Waals surface area contributed by atoms with E-state index in [1.165, 1.54) is 62.7 Å². The second-order valence-corrected chi connectivity index (χ2v) is 11.6. The summed E-state index contributed by atoms with van der Waals surface area (Å²) in [6, 6.07) is 23.2. The lowest BCUT2D eigenvalue weighted by molar-refractivity contribution is 0.0508. The third-order valence-corrected chi connectivity index (χ3v) is 7.10. The van der Waals surface area contributed by atoms with Crippen LogP contribution in [0.2, 0.25) is 0 Å². The maximum atomic E-state index is 2.66. The van der Waals surface area contributed by atoms with Crippen molar-refractivity contribution in [1.29, 1.82) is 0 Å². The summed E-state index contributed by atoms with van der Waals surface area (Å²) in [5.74, 6) is 0. The van der Waals surface area contributed by atoms with Crippen molar-refractivity contribution in [3.05, 3.63) is 71.8 Å². The molecular weight excluding hydrogens is 412 g/mol. The molecule has 0 saturated carbocycles. The van der Waals surface area contributed by atoms with Crippen molar-refractivity contribution in [2.75, 3.05) is 13.1 Å². The lowest BCUT2D eigenvalue weighted by Gasteiger charge is -2.45. The Labute approximate surface area is 212 Å². The molecule has 0 aliphatic carbocycles. The van der Waals surface area contributed by atoms with Gasteiger partial charge in [-0.15, -0.1) is 0 Å². The summed E-state index contributed by atoms with van der Waals surface area (Å²) in [6.07, 6.45) is 8.04. The van der Waals surface area contributed by atoms with Gasteiger partial charge in [-0.05, 0) is 91.4 Å². The first-order valence-corrected chi connectivity index (χ1v) is 12.8. The number of hydrogen-bond donors (Lipinski definition) is 0.